The summed E-state index contributed by atoms with van der Waals surface area (Å²) >= 11 is 0. The van der Waals surface area contributed by atoms with Gasteiger partial charge in [-0.2, -0.15) is 0 Å². The Hall–Kier alpha value is -2.70. The first-order valence-electron chi connectivity index (χ1n) is 8.17. The Morgan fingerprint density at radius 3 is 2.83 bits per heavy atom. The molecule has 7 heteroatoms. The molecule has 0 radical (unpaired) electrons. The summed E-state index contributed by atoms with van der Waals surface area (Å²) in [6.07, 6.45) is 3.93. The van der Waals surface area contributed by atoms with Gasteiger partial charge in [-0.1, -0.05) is 30.3 Å². The Labute approximate surface area is 140 Å². The molecule has 1 fully saturated rings. The van der Waals surface area contributed by atoms with Crippen molar-refractivity contribution in [3.05, 3.63) is 48.0 Å². The number of benzene rings is 1. The second-order valence-corrected chi connectivity index (χ2v) is 5.87. The van der Waals surface area contributed by atoms with Crippen LogP contribution in [-0.4, -0.2) is 44.6 Å². The van der Waals surface area contributed by atoms with Crippen LogP contribution >= 0.6 is 0 Å². The van der Waals surface area contributed by atoms with E-state index in [1.54, 1.807) is 11.2 Å². The number of hydrogen-bond donors (Lipinski definition) is 1. The van der Waals surface area contributed by atoms with Crippen molar-refractivity contribution in [2.24, 2.45) is 0 Å². The van der Waals surface area contributed by atoms with Crippen molar-refractivity contribution < 1.29 is 9.59 Å². The fourth-order valence-electron chi connectivity index (χ4n) is 2.77. The van der Waals surface area contributed by atoms with E-state index in [1.165, 1.54) is 5.56 Å². The van der Waals surface area contributed by atoms with Crippen LogP contribution in [0.4, 0.5) is 0 Å². The number of aromatic nitrogens is 3. The minimum atomic E-state index is -0.164. The van der Waals surface area contributed by atoms with E-state index in [4.69, 9.17) is 0 Å². The predicted molar refractivity (Wildman–Crippen MR) is 87.8 cm³/mol. The minimum Gasteiger partial charge on any atom is -0.347 e. The quantitative estimate of drug-likeness (QED) is 0.814. The summed E-state index contributed by atoms with van der Waals surface area (Å²) < 4.78 is 1.94. The van der Waals surface area contributed by atoms with Crippen molar-refractivity contribution >= 4 is 11.8 Å². The number of amides is 2. The molecule has 1 aliphatic rings. The average molecular weight is 327 g/mol. The van der Waals surface area contributed by atoms with E-state index in [2.05, 4.69) is 27.6 Å². The highest BCUT2D eigenvalue weighted by Crippen LogP contribution is 2.08. The topological polar surface area (TPSA) is 80.1 Å². The molecule has 0 spiro atoms. The number of nitrogens with one attached hydrogen (secondary N) is 1. The van der Waals surface area contributed by atoms with Gasteiger partial charge >= 0.3 is 0 Å². The van der Waals surface area contributed by atoms with Crippen molar-refractivity contribution in [2.45, 2.75) is 32.4 Å². The molecule has 3 rings (SSSR count). The number of carbonyl (C=O) groups is 2. The van der Waals surface area contributed by atoms with E-state index >= 15 is 0 Å². The van der Waals surface area contributed by atoms with E-state index in [0.29, 0.717) is 25.3 Å². The maximum atomic E-state index is 12.0. The molecule has 1 aliphatic heterocycles. The fraction of sp³-hybridized carbons (Fsp3) is 0.412. The van der Waals surface area contributed by atoms with Crippen LogP contribution in [0.25, 0.3) is 0 Å². The second-order valence-electron chi connectivity index (χ2n) is 5.87. The molecule has 1 N–H and O–H groups in total. The lowest BCUT2D eigenvalue weighted by molar-refractivity contribution is -0.133. The number of rotatable bonds is 7. The van der Waals surface area contributed by atoms with Crippen LogP contribution in [0.3, 0.4) is 0 Å². The van der Waals surface area contributed by atoms with Gasteiger partial charge in [-0.25, -0.2) is 0 Å². The van der Waals surface area contributed by atoms with Gasteiger partial charge < -0.3 is 14.8 Å². The number of nitrogens with zero attached hydrogens (tertiary/aromatic N) is 4. The molecule has 0 bridgehead atoms. The zero-order chi connectivity index (χ0) is 16.8. The van der Waals surface area contributed by atoms with E-state index < -0.39 is 0 Å². The third-order valence-corrected chi connectivity index (χ3v) is 4.13. The van der Waals surface area contributed by atoms with Gasteiger partial charge in [-0.15, -0.1) is 10.2 Å². The molecule has 0 atom stereocenters. The molecule has 1 aromatic heterocycles. The van der Waals surface area contributed by atoms with Gasteiger partial charge in [0.1, 0.15) is 6.33 Å². The van der Waals surface area contributed by atoms with Crippen LogP contribution in [0.2, 0.25) is 0 Å². The molecule has 2 aromatic rings. The molecule has 24 heavy (non-hydrogen) atoms. The van der Waals surface area contributed by atoms with Crippen molar-refractivity contribution in [2.75, 3.05) is 13.1 Å². The van der Waals surface area contributed by atoms with E-state index in [0.717, 1.165) is 19.4 Å². The Balaban J connectivity index is 1.48. The first-order chi connectivity index (χ1) is 11.7. The molecule has 0 saturated carbocycles. The summed E-state index contributed by atoms with van der Waals surface area (Å²) in [7, 11) is 0. The predicted octanol–water partition coefficient (Wildman–Crippen LogP) is 0.759. The fourth-order valence-corrected chi connectivity index (χ4v) is 2.77. The first kappa shape index (κ1) is 16.2. The largest absolute Gasteiger partial charge is 0.347 e. The Morgan fingerprint density at radius 1 is 1.25 bits per heavy atom. The summed E-state index contributed by atoms with van der Waals surface area (Å²) in [4.78, 5) is 25.1. The van der Waals surface area contributed by atoms with E-state index in [9.17, 15) is 9.59 Å². The van der Waals surface area contributed by atoms with Crippen LogP contribution in [0, 0.1) is 0 Å². The van der Waals surface area contributed by atoms with E-state index in [-0.39, 0.29) is 18.4 Å². The van der Waals surface area contributed by atoms with Crippen LogP contribution in [0.5, 0.6) is 0 Å². The number of carbonyl (C=O) groups excluding carboxylic acids is 2. The van der Waals surface area contributed by atoms with Crippen molar-refractivity contribution in [3.63, 3.8) is 0 Å². The van der Waals surface area contributed by atoms with Crippen LogP contribution in [-0.2, 0) is 29.1 Å². The number of hydrogen-bond acceptors (Lipinski definition) is 4. The van der Waals surface area contributed by atoms with Crippen LogP contribution in [0.1, 0.15) is 24.2 Å². The highest BCUT2D eigenvalue weighted by molar-refractivity contribution is 5.85. The van der Waals surface area contributed by atoms with Gasteiger partial charge in [0.15, 0.2) is 5.82 Å². The third-order valence-electron chi connectivity index (χ3n) is 4.13. The summed E-state index contributed by atoms with van der Waals surface area (Å²) in [5, 5.41) is 10.8. The Kier molecular flexibility index (Phi) is 5.20. The molecule has 0 aliphatic carbocycles. The van der Waals surface area contributed by atoms with Crippen LogP contribution in [0.15, 0.2) is 36.7 Å². The normalized spacial score (nSPS) is 14.2. The highest BCUT2D eigenvalue weighted by atomic mass is 16.2. The molecule has 126 valence electrons. The van der Waals surface area contributed by atoms with Crippen molar-refractivity contribution in [1.29, 1.82) is 0 Å². The molecule has 1 aromatic carbocycles. The van der Waals surface area contributed by atoms with Gasteiger partial charge in [0.25, 0.3) is 0 Å². The average Bonchev–Trinajstić information content (AvgIpc) is 3.21. The molecular formula is C17H21N5O2. The lowest BCUT2D eigenvalue weighted by Gasteiger charge is -2.15. The number of likely N-dealkylation sites (tertiary alicyclic amines) is 1. The molecule has 2 heterocycles. The molecule has 1 saturated heterocycles. The zero-order valence-corrected chi connectivity index (χ0v) is 13.5. The van der Waals surface area contributed by atoms with Gasteiger partial charge in [0, 0.05) is 19.5 Å². The second kappa shape index (κ2) is 7.72. The molecular weight excluding hydrogens is 306 g/mol. The van der Waals surface area contributed by atoms with Gasteiger partial charge in [-0.05, 0) is 18.4 Å². The Morgan fingerprint density at radius 2 is 2.08 bits per heavy atom. The zero-order valence-electron chi connectivity index (χ0n) is 13.5. The SMILES string of the molecule is O=C(CN1CCCC1=O)NCc1nncn1CCc1ccccc1. The minimum absolute atomic E-state index is 0.0520. The standard InChI is InChI=1S/C17H21N5O2/c23-16(12-21-9-4-7-17(21)24)18-11-15-20-19-13-22(15)10-8-14-5-2-1-3-6-14/h1-3,5-6,13H,4,7-12H2,(H,18,23). The maximum absolute atomic E-state index is 12.0. The summed E-state index contributed by atoms with van der Waals surface area (Å²) in [6, 6.07) is 10.2. The highest BCUT2D eigenvalue weighted by Gasteiger charge is 2.22. The van der Waals surface area contributed by atoms with Crippen molar-refractivity contribution in [3.8, 4) is 0 Å². The monoisotopic (exact) mass is 327 g/mol. The van der Waals surface area contributed by atoms with Gasteiger partial charge in [-0.3, -0.25) is 9.59 Å². The Bertz CT molecular complexity index is 698. The first-order valence-corrected chi connectivity index (χ1v) is 8.17. The maximum Gasteiger partial charge on any atom is 0.240 e. The third kappa shape index (κ3) is 4.18. The summed E-state index contributed by atoms with van der Waals surface area (Å²) in [5.41, 5.74) is 1.24. The van der Waals surface area contributed by atoms with E-state index in [1.807, 2.05) is 22.8 Å². The molecule has 2 amide bonds. The molecule has 0 unspecified atom stereocenters. The lowest BCUT2D eigenvalue weighted by Crippen LogP contribution is -2.37. The lowest BCUT2D eigenvalue weighted by atomic mass is 10.1. The van der Waals surface area contributed by atoms with Gasteiger partial charge in [0.2, 0.25) is 11.8 Å². The number of aryl methyl sites for hydroxylation is 2. The summed E-state index contributed by atoms with van der Waals surface area (Å²) in [5.74, 6) is 0.603. The smallest absolute Gasteiger partial charge is 0.240 e. The van der Waals surface area contributed by atoms with Gasteiger partial charge in [0.05, 0.1) is 13.1 Å². The summed E-state index contributed by atoms with van der Waals surface area (Å²) in [6.45, 7) is 1.86. The molecule has 7 nitrogen and oxygen atoms in total. The van der Waals surface area contributed by atoms with Crippen LogP contribution < -0.4 is 5.32 Å². The van der Waals surface area contributed by atoms with Crippen molar-refractivity contribution in [1.82, 2.24) is 25.0 Å².